The summed E-state index contributed by atoms with van der Waals surface area (Å²) in [7, 11) is 0. The van der Waals surface area contributed by atoms with Crippen molar-refractivity contribution in [2.45, 2.75) is 38.5 Å². The van der Waals surface area contributed by atoms with E-state index in [1.54, 1.807) is 6.08 Å². The second-order valence-corrected chi connectivity index (χ2v) is 8.74. The molecule has 1 amide bonds. The average Bonchev–Trinajstić information content (AvgIpc) is 2.68. The van der Waals surface area contributed by atoms with Crippen LogP contribution in [0.3, 0.4) is 0 Å². The van der Waals surface area contributed by atoms with Gasteiger partial charge in [-0.2, -0.15) is 0 Å². The van der Waals surface area contributed by atoms with Crippen LogP contribution in [0.15, 0.2) is 36.4 Å². The van der Waals surface area contributed by atoms with Crippen LogP contribution in [0.4, 0.5) is 0 Å². The number of nitrogens with one attached hydrogen (secondary N) is 1. The molecule has 0 aliphatic heterocycles. The first-order chi connectivity index (χ1) is 13.5. The van der Waals surface area contributed by atoms with Crippen LogP contribution in [0.25, 0.3) is 6.08 Å². The molecular formula is C23H27NO4. The Morgan fingerprint density at radius 1 is 1.00 bits per heavy atom. The zero-order valence-corrected chi connectivity index (χ0v) is 16.1. The van der Waals surface area contributed by atoms with Gasteiger partial charge in [-0.05, 0) is 67.9 Å². The summed E-state index contributed by atoms with van der Waals surface area (Å²) in [6.07, 6.45) is 9.78. The Labute approximate surface area is 165 Å². The van der Waals surface area contributed by atoms with Crippen LogP contribution in [-0.2, 0) is 19.1 Å². The predicted octanol–water partition coefficient (Wildman–Crippen LogP) is 3.14. The van der Waals surface area contributed by atoms with Gasteiger partial charge in [0.05, 0.1) is 0 Å². The van der Waals surface area contributed by atoms with Crippen molar-refractivity contribution in [3.05, 3.63) is 42.0 Å². The van der Waals surface area contributed by atoms with Gasteiger partial charge in [0.2, 0.25) is 5.91 Å². The second kappa shape index (κ2) is 7.90. The molecule has 4 bridgehead atoms. The van der Waals surface area contributed by atoms with Crippen LogP contribution in [0.5, 0.6) is 0 Å². The Morgan fingerprint density at radius 2 is 1.61 bits per heavy atom. The molecule has 1 aromatic rings. The van der Waals surface area contributed by atoms with Crippen molar-refractivity contribution < 1.29 is 19.1 Å². The molecule has 0 spiro atoms. The van der Waals surface area contributed by atoms with E-state index in [1.807, 2.05) is 30.3 Å². The topological polar surface area (TPSA) is 72.5 Å². The van der Waals surface area contributed by atoms with Crippen molar-refractivity contribution in [2.75, 3.05) is 13.2 Å². The number of carbonyl (C=O) groups excluding carboxylic acids is 3. The summed E-state index contributed by atoms with van der Waals surface area (Å²) in [5.74, 6) is 1.19. The van der Waals surface area contributed by atoms with Gasteiger partial charge in [-0.15, -0.1) is 0 Å². The van der Waals surface area contributed by atoms with Gasteiger partial charge in [-0.1, -0.05) is 30.3 Å². The maximum absolute atomic E-state index is 12.8. The first-order valence-electron chi connectivity index (χ1n) is 10.2. The van der Waals surface area contributed by atoms with Crippen molar-refractivity contribution >= 4 is 23.7 Å². The Kier molecular flexibility index (Phi) is 5.33. The molecule has 4 saturated carbocycles. The van der Waals surface area contributed by atoms with Crippen molar-refractivity contribution in [1.29, 1.82) is 0 Å². The molecule has 5 heteroatoms. The summed E-state index contributed by atoms with van der Waals surface area (Å²) in [4.78, 5) is 36.6. The number of ketones is 1. The van der Waals surface area contributed by atoms with E-state index in [0.717, 1.165) is 24.8 Å². The van der Waals surface area contributed by atoms with Gasteiger partial charge in [0.25, 0.3) is 0 Å². The third kappa shape index (κ3) is 4.18. The van der Waals surface area contributed by atoms with Gasteiger partial charge in [-0.25, -0.2) is 0 Å². The molecular weight excluding hydrogens is 354 g/mol. The average molecular weight is 381 g/mol. The lowest BCUT2D eigenvalue weighted by Gasteiger charge is -2.55. The number of Topliss-reactive ketones (excluding diaryl/α,β-unsaturated/α-hetero) is 1. The summed E-state index contributed by atoms with van der Waals surface area (Å²) < 4.78 is 5.18. The molecule has 4 aliphatic carbocycles. The van der Waals surface area contributed by atoms with Crippen LogP contribution >= 0.6 is 0 Å². The van der Waals surface area contributed by atoms with Gasteiger partial charge in [0.1, 0.15) is 6.54 Å². The molecule has 0 aromatic heterocycles. The molecule has 0 radical (unpaired) electrons. The van der Waals surface area contributed by atoms with Crippen molar-refractivity contribution in [3.8, 4) is 0 Å². The highest BCUT2D eigenvalue weighted by Crippen LogP contribution is 2.60. The lowest BCUT2D eigenvalue weighted by molar-refractivity contribution is -0.157. The normalized spacial score (nSPS) is 30.4. The second-order valence-electron chi connectivity index (χ2n) is 8.74. The number of rotatable bonds is 7. The van der Waals surface area contributed by atoms with Crippen molar-refractivity contribution in [3.63, 3.8) is 0 Å². The van der Waals surface area contributed by atoms with Crippen LogP contribution < -0.4 is 5.32 Å². The highest BCUT2D eigenvalue weighted by Gasteiger charge is 2.54. The minimum Gasteiger partial charge on any atom is -0.456 e. The van der Waals surface area contributed by atoms with Crippen molar-refractivity contribution in [1.82, 2.24) is 5.32 Å². The van der Waals surface area contributed by atoms with Gasteiger partial charge < -0.3 is 10.1 Å². The zero-order valence-electron chi connectivity index (χ0n) is 16.1. The number of ether oxygens (including phenoxy) is 1. The van der Waals surface area contributed by atoms with E-state index in [1.165, 1.54) is 25.3 Å². The minimum absolute atomic E-state index is 0.0789. The van der Waals surface area contributed by atoms with Crippen LogP contribution in [-0.4, -0.2) is 30.8 Å². The SMILES string of the molecule is O=C(/C=C/c1ccccc1)NCC(=O)OCC(=O)C12CC3CC(CC(C3)C1)C2. The summed E-state index contributed by atoms with van der Waals surface area (Å²) >= 11 is 0. The first kappa shape index (κ1) is 18.9. The van der Waals surface area contributed by atoms with E-state index in [-0.39, 0.29) is 30.3 Å². The number of hydrogen-bond acceptors (Lipinski definition) is 4. The Morgan fingerprint density at radius 3 is 2.21 bits per heavy atom. The zero-order chi connectivity index (χ0) is 19.6. The molecule has 0 saturated heterocycles. The number of esters is 1. The summed E-state index contributed by atoms with van der Waals surface area (Å²) in [5.41, 5.74) is 0.651. The predicted molar refractivity (Wildman–Crippen MR) is 105 cm³/mol. The largest absolute Gasteiger partial charge is 0.456 e. The molecule has 4 fully saturated rings. The van der Waals surface area contributed by atoms with E-state index in [0.29, 0.717) is 17.8 Å². The number of amides is 1. The van der Waals surface area contributed by atoms with Gasteiger partial charge in [0, 0.05) is 11.5 Å². The number of benzene rings is 1. The van der Waals surface area contributed by atoms with E-state index in [2.05, 4.69) is 5.32 Å². The van der Waals surface area contributed by atoms with E-state index >= 15 is 0 Å². The Bertz CT molecular complexity index is 748. The molecule has 0 unspecified atom stereocenters. The fourth-order valence-electron chi connectivity index (χ4n) is 5.76. The standard InChI is InChI=1S/C23H27NO4/c25-20(23-11-17-8-18(12-23)10-19(9-17)13-23)15-28-22(27)14-24-21(26)7-6-16-4-2-1-3-5-16/h1-7,17-19H,8-15H2,(H,24,26)/b7-6+. The quantitative estimate of drug-likeness (QED) is 0.582. The third-order valence-electron chi connectivity index (χ3n) is 6.63. The van der Waals surface area contributed by atoms with E-state index < -0.39 is 5.97 Å². The van der Waals surface area contributed by atoms with Gasteiger partial charge >= 0.3 is 5.97 Å². The number of carbonyl (C=O) groups is 3. The summed E-state index contributed by atoms with van der Waals surface area (Å²) in [6.45, 7) is -0.396. The lowest BCUT2D eigenvalue weighted by Crippen LogP contribution is -2.51. The molecule has 4 aliphatic rings. The van der Waals surface area contributed by atoms with E-state index in [9.17, 15) is 14.4 Å². The maximum Gasteiger partial charge on any atom is 0.325 e. The highest BCUT2D eigenvalue weighted by atomic mass is 16.5. The fraction of sp³-hybridized carbons (Fsp3) is 0.522. The van der Waals surface area contributed by atoms with Crippen LogP contribution in [0.2, 0.25) is 0 Å². The Balaban J connectivity index is 1.21. The van der Waals surface area contributed by atoms with E-state index in [4.69, 9.17) is 4.74 Å². The summed E-state index contributed by atoms with van der Waals surface area (Å²) in [6, 6.07) is 9.44. The summed E-state index contributed by atoms with van der Waals surface area (Å²) in [5, 5.41) is 2.50. The lowest BCUT2D eigenvalue weighted by atomic mass is 9.48. The molecule has 28 heavy (non-hydrogen) atoms. The minimum atomic E-state index is -0.570. The number of hydrogen-bond donors (Lipinski definition) is 1. The molecule has 1 aromatic carbocycles. The maximum atomic E-state index is 12.8. The van der Waals surface area contributed by atoms with Crippen molar-refractivity contribution in [2.24, 2.45) is 23.2 Å². The van der Waals surface area contributed by atoms with Crippen LogP contribution in [0.1, 0.15) is 44.1 Å². The first-order valence-corrected chi connectivity index (χ1v) is 10.2. The monoisotopic (exact) mass is 381 g/mol. The smallest absolute Gasteiger partial charge is 0.325 e. The fourth-order valence-corrected chi connectivity index (χ4v) is 5.76. The highest BCUT2D eigenvalue weighted by molar-refractivity contribution is 5.94. The molecule has 1 N–H and O–H groups in total. The van der Waals surface area contributed by atoms with Gasteiger partial charge in [0.15, 0.2) is 12.4 Å². The molecule has 148 valence electrons. The Hall–Kier alpha value is -2.43. The third-order valence-corrected chi connectivity index (χ3v) is 6.63. The van der Waals surface area contributed by atoms with Crippen LogP contribution in [0, 0.1) is 23.2 Å². The molecule has 0 atom stereocenters. The molecule has 5 rings (SSSR count). The molecule has 0 heterocycles. The molecule has 5 nitrogen and oxygen atoms in total. The van der Waals surface area contributed by atoms with Gasteiger partial charge in [-0.3, -0.25) is 14.4 Å².